The number of carbonyl (C=O) groups is 1. The Balaban J connectivity index is 1.66. The number of nitrogens with zero attached hydrogens (tertiary/aromatic N) is 1. The number of likely N-dealkylation sites (tertiary alicyclic amines) is 1. The molecule has 0 spiro atoms. The van der Waals surface area contributed by atoms with Crippen molar-refractivity contribution >= 4 is 17.7 Å². The summed E-state index contributed by atoms with van der Waals surface area (Å²) in [6.07, 6.45) is 3.41. The van der Waals surface area contributed by atoms with Gasteiger partial charge < -0.3 is 15.2 Å². The van der Waals surface area contributed by atoms with E-state index in [-0.39, 0.29) is 18.6 Å². The van der Waals surface area contributed by atoms with Gasteiger partial charge >= 0.3 is 0 Å². The van der Waals surface area contributed by atoms with E-state index in [1.165, 1.54) is 24.6 Å². The van der Waals surface area contributed by atoms with Crippen LogP contribution in [0.5, 0.6) is 5.75 Å². The Morgan fingerprint density at radius 3 is 3.13 bits per heavy atom. The van der Waals surface area contributed by atoms with Gasteiger partial charge in [0.15, 0.2) is 0 Å². The van der Waals surface area contributed by atoms with E-state index in [4.69, 9.17) is 4.74 Å². The highest BCUT2D eigenvalue weighted by atomic mass is 32.2. The van der Waals surface area contributed by atoms with Crippen LogP contribution >= 0.6 is 11.8 Å². The largest absolute Gasteiger partial charge is 0.497 e. The number of amides is 1. The molecule has 23 heavy (non-hydrogen) atoms. The van der Waals surface area contributed by atoms with E-state index >= 15 is 0 Å². The van der Waals surface area contributed by atoms with Gasteiger partial charge in [-0.25, -0.2) is 0 Å². The lowest BCUT2D eigenvalue weighted by atomic mass is 10.0. The van der Waals surface area contributed by atoms with E-state index in [1.807, 2.05) is 24.3 Å². The standard InChI is InChI=1S/C17H26N2O3S/c1-22-15-6-4-7-16(11-15)23-13-17(21)18-8-10-19-9-3-2-5-14(19)12-20/h4,6-7,11,14,20H,2-3,5,8-10,12-13H2,1H3,(H,18,21)/t14-/m1/s1. The van der Waals surface area contributed by atoms with E-state index < -0.39 is 0 Å². The van der Waals surface area contributed by atoms with E-state index in [0.717, 1.165) is 30.2 Å². The van der Waals surface area contributed by atoms with Gasteiger partial charge in [0.05, 0.1) is 19.5 Å². The summed E-state index contributed by atoms with van der Waals surface area (Å²) in [5.74, 6) is 1.24. The maximum atomic E-state index is 11.9. The van der Waals surface area contributed by atoms with Crippen molar-refractivity contribution in [3.63, 3.8) is 0 Å². The first-order valence-electron chi connectivity index (χ1n) is 8.11. The summed E-state index contributed by atoms with van der Waals surface area (Å²) < 4.78 is 5.17. The van der Waals surface area contributed by atoms with Crippen molar-refractivity contribution in [1.82, 2.24) is 10.2 Å². The Hall–Kier alpha value is -1.24. The molecular weight excluding hydrogens is 312 g/mol. The topological polar surface area (TPSA) is 61.8 Å². The molecule has 0 aromatic heterocycles. The van der Waals surface area contributed by atoms with Gasteiger partial charge in [0, 0.05) is 24.0 Å². The number of carbonyl (C=O) groups excluding carboxylic acids is 1. The lowest BCUT2D eigenvalue weighted by Gasteiger charge is -2.34. The second-order valence-corrected chi connectivity index (χ2v) is 6.73. The summed E-state index contributed by atoms with van der Waals surface area (Å²) in [6.45, 7) is 2.66. The first kappa shape index (κ1) is 18.1. The van der Waals surface area contributed by atoms with Gasteiger partial charge in [-0.3, -0.25) is 9.69 Å². The van der Waals surface area contributed by atoms with Crippen molar-refractivity contribution in [1.29, 1.82) is 0 Å². The molecule has 6 heteroatoms. The molecule has 128 valence electrons. The highest BCUT2D eigenvalue weighted by molar-refractivity contribution is 8.00. The van der Waals surface area contributed by atoms with Crippen LogP contribution in [0.3, 0.4) is 0 Å². The smallest absolute Gasteiger partial charge is 0.230 e. The number of hydrogen-bond acceptors (Lipinski definition) is 5. The fourth-order valence-electron chi connectivity index (χ4n) is 2.79. The van der Waals surface area contributed by atoms with Gasteiger partial charge in [-0.1, -0.05) is 12.5 Å². The minimum atomic E-state index is 0.0374. The molecule has 1 saturated heterocycles. The molecule has 0 saturated carbocycles. The fourth-order valence-corrected chi connectivity index (χ4v) is 3.57. The third kappa shape index (κ3) is 6.05. The number of aliphatic hydroxyl groups is 1. The number of ether oxygens (including phenoxy) is 1. The van der Waals surface area contributed by atoms with Crippen LogP contribution in [0.4, 0.5) is 0 Å². The predicted octanol–water partition coefficient (Wildman–Crippen LogP) is 1.75. The van der Waals surface area contributed by atoms with Crippen LogP contribution in [0, 0.1) is 0 Å². The summed E-state index contributed by atoms with van der Waals surface area (Å²) in [6, 6.07) is 7.97. The third-order valence-electron chi connectivity index (χ3n) is 4.09. The lowest BCUT2D eigenvalue weighted by Crippen LogP contribution is -2.45. The average Bonchev–Trinajstić information content (AvgIpc) is 2.60. The molecular formula is C17H26N2O3S. The number of thioether (sulfide) groups is 1. The van der Waals surface area contributed by atoms with E-state index in [9.17, 15) is 9.90 Å². The molecule has 0 radical (unpaired) electrons. The number of nitrogens with one attached hydrogen (secondary N) is 1. The van der Waals surface area contributed by atoms with Crippen molar-refractivity contribution in [3.05, 3.63) is 24.3 Å². The average molecular weight is 338 g/mol. The van der Waals surface area contributed by atoms with Crippen molar-refractivity contribution in [2.45, 2.75) is 30.2 Å². The van der Waals surface area contributed by atoms with Crippen LogP contribution in [0.25, 0.3) is 0 Å². The molecule has 1 aromatic rings. The highest BCUT2D eigenvalue weighted by Crippen LogP contribution is 2.22. The van der Waals surface area contributed by atoms with Crippen LogP contribution in [-0.2, 0) is 4.79 Å². The quantitative estimate of drug-likeness (QED) is 0.707. The lowest BCUT2D eigenvalue weighted by molar-refractivity contribution is -0.118. The zero-order chi connectivity index (χ0) is 16.5. The van der Waals surface area contributed by atoms with Gasteiger partial charge in [0.25, 0.3) is 0 Å². The van der Waals surface area contributed by atoms with Gasteiger partial charge in [0.2, 0.25) is 5.91 Å². The van der Waals surface area contributed by atoms with Gasteiger partial charge in [0.1, 0.15) is 5.75 Å². The molecule has 1 amide bonds. The summed E-state index contributed by atoms with van der Waals surface area (Å²) in [4.78, 5) is 15.2. The summed E-state index contributed by atoms with van der Waals surface area (Å²) in [5, 5.41) is 12.3. The molecule has 0 aliphatic carbocycles. The second kappa shape index (κ2) is 9.80. The Labute approximate surface area is 142 Å². The predicted molar refractivity (Wildman–Crippen MR) is 93.0 cm³/mol. The van der Waals surface area contributed by atoms with Crippen LogP contribution in [-0.4, -0.2) is 61.1 Å². The summed E-state index contributed by atoms with van der Waals surface area (Å²) >= 11 is 1.50. The molecule has 5 nitrogen and oxygen atoms in total. The third-order valence-corrected chi connectivity index (χ3v) is 5.09. The Morgan fingerprint density at radius 1 is 1.48 bits per heavy atom. The molecule has 1 aliphatic heterocycles. The normalized spacial score (nSPS) is 18.6. The van der Waals surface area contributed by atoms with Crippen LogP contribution in [0.15, 0.2) is 29.2 Å². The van der Waals surface area contributed by atoms with Crippen molar-refractivity contribution in [2.75, 3.05) is 39.1 Å². The van der Waals surface area contributed by atoms with Crippen LogP contribution in [0.1, 0.15) is 19.3 Å². The molecule has 0 bridgehead atoms. The molecule has 1 atom stereocenters. The number of methoxy groups -OCH3 is 1. The number of piperidine rings is 1. The zero-order valence-electron chi connectivity index (χ0n) is 13.7. The summed E-state index contributed by atoms with van der Waals surface area (Å²) in [7, 11) is 1.64. The van der Waals surface area contributed by atoms with E-state index in [2.05, 4.69) is 10.2 Å². The molecule has 0 unspecified atom stereocenters. The molecule has 1 fully saturated rings. The van der Waals surface area contributed by atoms with E-state index in [0.29, 0.717) is 12.3 Å². The SMILES string of the molecule is COc1cccc(SCC(=O)NCCN2CCCC[C@@H]2CO)c1. The number of rotatable bonds is 8. The minimum absolute atomic E-state index is 0.0374. The van der Waals surface area contributed by atoms with E-state index in [1.54, 1.807) is 7.11 Å². The number of aliphatic hydroxyl groups excluding tert-OH is 1. The maximum absolute atomic E-state index is 11.9. The zero-order valence-corrected chi connectivity index (χ0v) is 14.5. The van der Waals surface area contributed by atoms with Gasteiger partial charge in [-0.15, -0.1) is 11.8 Å². The van der Waals surface area contributed by atoms with Crippen molar-refractivity contribution in [2.24, 2.45) is 0 Å². The first-order valence-corrected chi connectivity index (χ1v) is 9.10. The Morgan fingerprint density at radius 2 is 2.35 bits per heavy atom. The first-order chi connectivity index (χ1) is 11.2. The minimum Gasteiger partial charge on any atom is -0.497 e. The monoisotopic (exact) mass is 338 g/mol. The maximum Gasteiger partial charge on any atom is 0.230 e. The second-order valence-electron chi connectivity index (χ2n) is 5.69. The van der Waals surface area contributed by atoms with Gasteiger partial charge in [-0.05, 0) is 37.6 Å². The molecule has 1 aromatic carbocycles. The summed E-state index contributed by atoms with van der Waals surface area (Å²) in [5.41, 5.74) is 0. The van der Waals surface area contributed by atoms with Gasteiger partial charge in [-0.2, -0.15) is 0 Å². The number of hydrogen-bond donors (Lipinski definition) is 2. The Kier molecular flexibility index (Phi) is 7.71. The molecule has 1 heterocycles. The Bertz CT molecular complexity index is 498. The fraction of sp³-hybridized carbons (Fsp3) is 0.588. The van der Waals surface area contributed by atoms with Crippen molar-refractivity contribution in [3.8, 4) is 5.75 Å². The molecule has 2 N–H and O–H groups in total. The highest BCUT2D eigenvalue weighted by Gasteiger charge is 2.20. The number of benzene rings is 1. The van der Waals surface area contributed by atoms with Crippen molar-refractivity contribution < 1.29 is 14.6 Å². The van der Waals surface area contributed by atoms with Crippen LogP contribution < -0.4 is 10.1 Å². The molecule has 1 aliphatic rings. The van der Waals surface area contributed by atoms with Crippen LogP contribution in [0.2, 0.25) is 0 Å². The molecule has 2 rings (SSSR count).